The van der Waals surface area contributed by atoms with Crippen LogP contribution in [0.25, 0.3) is 0 Å². The molecule has 0 unspecified atom stereocenters. The van der Waals surface area contributed by atoms with Crippen LogP contribution in [0.15, 0.2) is 16.9 Å². The van der Waals surface area contributed by atoms with Gasteiger partial charge in [-0.1, -0.05) is 0 Å². The van der Waals surface area contributed by atoms with Gasteiger partial charge in [0.25, 0.3) is 0 Å². The van der Waals surface area contributed by atoms with Gasteiger partial charge in [0.1, 0.15) is 5.75 Å². The minimum atomic E-state index is -1.46. The minimum Gasteiger partial charge on any atom is -0.495 e. The number of carbonyl (C=O) groups excluding carboxylic acids is 1. The van der Waals surface area contributed by atoms with Crippen LogP contribution in [0.4, 0.5) is 0 Å². The number of halogens is 1. The Balaban J connectivity index is 3.02. The summed E-state index contributed by atoms with van der Waals surface area (Å²) >= 11 is 3.18. The van der Waals surface area contributed by atoms with Gasteiger partial charge in [-0.25, -0.2) is 4.79 Å². The number of carbonyl (C=O) groups is 2. The van der Waals surface area contributed by atoms with Crippen LogP contribution < -0.4 is 4.74 Å². The zero-order valence-electron chi connectivity index (χ0n) is 7.86. The van der Waals surface area contributed by atoms with E-state index in [2.05, 4.69) is 20.9 Å². The minimum absolute atomic E-state index is 0.221. The second kappa shape index (κ2) is 4.88. The van der Waals surface area contributed by atoms with E-state index in [-0.39, 0.29) is 6.42 Å². The number of carboxylic acid groups (broad SMARTS) is 1. The van der Waals surface area contributed by atoms with Crippen LogP contribution in [0.5, 0.6) is 5.75 Å². The van der Waals surface area contributed by atoms with Gasteiger partial charge in [0.2, 0.25) is 5.78 Å². The second-order valence-electron chi connectivity index (χ2n) is 2.71. The molecule has 0 saturated carbocycles. The Morgan fingerprint density at radius 2 is 2.20 bits per heavy atom. The van der Waals surface area contributed by atoms with E-state index in [9.17, 15) is 9.59 Å². The lowest BCUT2D eigenvalue weighted by Crippen LogP contribution is -2.16. The molecule has 5 nitrogen and oxygen atoms in total. The van der Waals surface area contributed by atoms with Gasteiger partial charge in [-0.05, 0) is 15.9 Å². The lowest BCUT2D eigenvalue weighted by atomic mass is 10.1. The van der Waals surface area contributed by atoms with E-state index in [4.69, 9.17) is 9.84 Å². The maximum atomic E-state index is 11.0. The summed E-state index contributed by atoms with van der Waals surface area (Å²) in [6, 6.07) is 0. The van der Waals surface area contributed by atoms with Crippen molar-refractivity contribution >= 4 is 27.7 Å². The number of rotatable bonds is 4. The van der Waals surface area contributed by atoms with E-state index in [0.717, 1.165) is 0 Å². The van der Waals surface area contributed by atoms with E-state index in [1.54, 1.807) is 0 Å². The molecule has 0 fully saturated rings. The largest absolute Gasteiger partial charge is 0.495 e. The first-order valence-electron chi connectivity index (χ1n) is 3.98. The number of aliphatic carboxylic acids is 1. The summed E-state index contributed by atoms with van der Waals surface area (Å²) in [6.07, 6.45) is 2.68. The van der Waals surface area contributed by atoms with Crippen molar-refractivity contribution < 1.29 is 19.4 Å². The van der Waals surface area contributed by atoms with Crippen molar-refractivity contribution in [1.29, 1.82) is 0 Å². The average Bonchev–Trinajstić information content (AvgIpc) is 2.20. The van der Waals surface area contributed by atoms with E-state index in [0.29, 0.717) is 15.8 Å². The van der Waals surface area contributed by atoms with Gasteiger partial charge in [-0.3, -0.25) is 9.78 Å². The number of methoxy groups -OCH3 is 1. The third-order valence-corrected chi connectivity index (χ3v) is 2.44. The highest BCUT2D eigenvalue weighted by Gasteiger charge is 2.17. The highest BCUT2D eigenvalue weighted by Crippen LogP contribution is 2.25. The molecule has 0 atom stereocenters. The van der Waals surface area contributed by atoms with Crippen molar-refractivity contribution in [3.05, 3.63) is 22.4 Å². The van der Waals surface area contributed by atoms with Crippen LogP contribution in [-0.4, -0.2) is 29.0 Å². The maximum absolute atomic E-state index is 11.0. The molecule has 0 aromatic carbocycles. The molecule has 0 spiro atoms. The summed E-state index contributed by atoms with van der Waals surface area (Å²) in [7, 11) is 1.43. The highest BCUT2D eigenvalue weighted by atomic mass is 79.9. The lowest BCUT2D eigenvalue weighted by Gasteiger charge is -2.07. The van der Waals surface area contributed by atoms with E-state index >= 15 is 0 Å². The standard InChI is InChI=1S/C9H8BrNO4/c1-15-8-4-11-3-6(10)5(8)2-7(12)9(13)14/h3-4H,2H2,1H3,(H,13,14). The molecule has 0 radical (unpaired) electrons. The lowest BCUT2D eigenvalue weighted by molar-refractivity contribution is -0.148. The van der Waals surface area contributed by atoms with Crippen molar-refractivity contribution in [2.75, 3.05) is 7.11 Å². The van der Waals surface area contributed by atoms with Gasteiger partial charge in [-0.15, -0.1) is 0 Å². The van der Waals surface area contributed by atoms with Crippen LogP contribution in [0.1, 0.15) is 5.56 Å². The molecule has 0 aliphatic rings. The first kappa shape index (κ1) is 11.6. The Bertz CT molecular complexity index is 405. The molecule has 1 aromatic heterocycles. The van der Waals surface area contributed by atoms with Crippen LogP contribution in [0, 0.1) is 0 Å². The normalized spacial score (nSPS) is 9.73. The van der Waals surface area contributed by atoms with E-state index in [1.165, 1.54) is 19.5 Å². The first-order valence-corrected chi connectivity index (χ1v) is 4.78. The number of hydrogen-bond donors (Lipinski definition) is 1. The molecular weight excluding hydrogens is 266 g/mol. The van der Waals surface area contributed by atoms with Crippen molar-refractivity contribution in [3.63, 3.8) is 0 Å². The van der Waals surface area contributed by atoms with Gasteiger partial charge in [0, 0.05) is 22.7 Å². The number of pyridine rings is 1. The van der Waals surface area contributed by atoms with Crippen molar-refractivity contribution in [2.24, 2.45) is 0 Å². The Morgan fingerprint density at radius 1 is 1.53 bits per heavy atom. The van der Waals surface area contributed by atoms with Crippen LogP contribution in [-0.2, 0) is 16.0 Å². The number of aromatic nitrogens is 1. The predicted molar refractivity (Wildman–Crippen MR) is 54.8 cm³/mol. The third-order valence-electron chi connectivity index (χ3n) is 1.76. The summed E-state index contributed by atoms with van der Waals surface area (Å²) in [5.41, 5.74) is 0.486. The van der Waals surface area contributed by atoms with E-state index in [1.807, 2.05) is 0 Å². The zero-order valence-corrected chi connectivity index (χ0v) is 9.44. The molecule has 1 heterocycles. The molecule has 6 heteroatoms. The Morgan fingerprint density at radius 3 is 2.73 bits per heavy atom. The SMILES string of the molecule is COc1cncc(Br)c1CC(=O)C(=O)O. The maximum Gasteiger partial charge on any atom is 0.372 e. The van der Waals surface area contributed by atoms with Gasteiger partial charge >= 0.3 is 5.97 Å². The molecule has 1 aromatic rings. The van der Waals surface area contributed by atoms with Crippen LogP contribution in [0.3, 0.4) is 0 Å². The predicted octanol–water partition coefficient (Wildman–Crippen LogP) is 1.05. The fourth-order valence-electron chi connectivity index (χ4n) is 1.03. The van der Waals surface area contributed by atoms with Gasteiger partial charge < -0.3 is 9.84 Å². The molecular formula is C9H8BrNO4. The highest BCUT2D eigenvalue weighted by molar-refractivity contribution is 9.10. The van der Waals surface area contributed by atoms with Crippen molar-refractivity contribution in [3.8, 4) is 5.75 Å². The summed E-state index contributed by atoms with van der Waals surface area (Å²) in [4.78, 5) is 25.3. The van der Waals surface area contributed by atoms with Crippen LogP contribution in [0.2, 0.25) is 0 Å². The molecule has 1 rings (SSSR count). The molecule has 80 valence electrons. The molecule has 15 heavy (non-hydrogen) atoms. The fourth-order valence-corrected chi connectivity index (χ4v) is 1.48. The summed E-state index contributed by atoms with van der Waals surface area (Å²) in [5.74, 6) is -1.96. The number of hydrogen-bond acceptors (Lipinski definition) is 4. The number of ether oxygens (including phenoxy) is 1. The van der Waals surface area contributed by atoms with Gasteiger partial charge in [0.05, 0.1) is 13.3 Å². The van der Waals surface area contributed by atoms with Gasteiger partial charge in [0.15, 0.2) is 0 Å². The average molecular weight is 274 g/mol. The molecule has 0 amide bonds. The number of carboxylic acids is 1. The molecule has 0 bridgehead atoms. The fraction of sp³-hybridized carbons (Fsp3) is 0.222. The zero-order chi connectivity index (χ0) is 11.4. The summed E-state index contributed by atoms with van der Waals surface area (Å²) in [5, 5.41) is 8.48. The Labute approximate surface area is 94.2 Å². The third kappa shape index (κ3) is 2.76. The Kier molecular flexibility index (Phi) is 3.79. The van der Waals surface area contributed by atoms with Crippen molar-refractivity contribution in [2.45, 2.75) is 6.42 Å². The second-order valence-corrected chi connectivity index (χ2v) is 3.56. The topological polar surface area (TPSA) is 76.5 Å². The smallest absolute Gasteiger partial charge is 0.372 e. The van der Waals surface area contributed by atoms with Crippen molar-refractivity contribution in [1.82, 2.24) is 4.98 Å². The molecule has 0 aliphatic heterocycles. The monoisotopic (exact) mass is 273 g/mol. The quantitative estimate of drug-likeness (QED) is 0.830. The van der Waals surface area contributed by atoms with Gasteiger partial charge in [-0.2, -0.15) is 0 Å². The number of Topliss-reactive ketones (excluding diaryl/α,β-unsaturated/α-hetero) is 1. The Hall–Kier alpha value is -1.43. The molecule has 0 saturated heterocycles. The summed E-state index contributed by atoms with van der Waals surface area (Å²) in [6.45, 7) is 0. The molecule has 1 N–H and O–H groups in total. The van der Waals surface area contributed by atoms with Crippen LogP contribution >= 0.6 is 15.9 Å². The summed E-state index contributed by atoms with van der Waals surface area (Å²) < 4.78 is 5.52. The van der Waals surface area contributed by atoms with E-state index < -0.39 is 11.8 Å². The first-order chi connectivity index (χ1) is 7.06. The molecule has 0 aliphatic carbocycles. The number of nitrogens with zero attached hydrogens (tertiary/aromatic N) is 1. The number of ketones is 1.